The molecule has 0 saturated heterocycles. The Morgan fingerprint density at radius 1 is 1.17 bits per heavy atom. The van der Waals surface area contributed by atoms with Crippen molar-refractivity contribution in [3.05, 3.63) is 47.0 Å². The Kier molecular flexibility index (Phi) is 3.57. The van der Waals surface area contributed by atoms with Gasteiger partial charge in [-0.2, -0.15) is 5.26 Å². The molecule has 0 aromatic heterocycles. The van der Waals surface area contributed by atoms with E-state index in [-0.39, 0.29) is 5.41 Å². The molecule has 0 fully saturated rings. The molecule has 1 aliphatic rings. The van der Waals surface area contributed by atoms with E-state index < -0.39 is 0 Å². The van der Waals surface area contributed by atoms with Crippen LogP contribution in [0.5, 0.6) is 0 Å². The SMILES string of the molecule is CC(C)(C)C1=C[C@H](c2ccc(C#N)cc2)CCC1. The van der Waals surface area contributed by atoms with Gasteiger partial charge in [0, 0.05) is 5.92 Å². The van der Waals surface area contributed by atoms with E-state index in [4.69, 9.17) is 5.26 Å². The van der Waals surface area contributed by atoms with Gasteiger partial charge in [0.1, 0.15) is 0 Å². The summed E-state index contributed by atoms with van der Waals surface area (Å²) < 4.78 is 0. The lowest BCUT2D eigenvalue weighted by molar-refractivity contribution is 0.450. The molecule has 1 heteroatoms. The molecule has 0 amide bonds. The number of hydrogen-bond acceptors (Lipinski definition) is 1. The van der Waals surface area contributed by atoms with Gasteiger partial charge in [0.2, 0.25) is 0 Å². The molecule has 0 heterocycles. The van der Waals surface area contributed by atoms with Gasteiger partial charge in [0.05, 0.1) is 11.6 Å². The van der Waals surface area contributed by atoms with Gasteiger partial charge >= 0.3 is 0 Å². The Morgan fingerprint density at radius 2 is 1.83 bits per heavy atom. The summed E-state index contributed by atoms with van der Waals surface area (Å²) in [5.74, 6) is 0.528. The molecule has 2 rings (SSSR count). The van der Waals surface area contributed by atoms with Crippen LogP contribution < -0.4 is 0 Å². The molecule has 1 atom stereocenters. The fourth-order valence-corrected chi connectivity index (χ4v) is 2.61. The molecular weight excluding hydrogens is 218 g/mol. The van der Waals surface area contributed by atoms with Crippen LogP contribution in [0.1, 0.15) is 57.1 Å². The van der Waals surface area contributed by atoms with E-state index in [1.54, 1.807) is 5.57 Å². The Labute approximate surface area is 110 Å². The van der Waals surface area contributed by atoms with Gasteiger partial charge in [-0.25, -0.2) is 0 Å². The van der Waals surface area contributed by atoms with Crippen LogP contribution >= 0.6 is 0 Å². The first-order valence-corrected chi connectivity index (χ1v) is 6.72. The normalized spacial score (nSPS) is 20.1. The average Bonchev–Trinajstić information content (AvgIpc) is 2.38. The molecule has 0 aliphatic heterocycles. The first kappa shape index (κ1) is 12.9. The summed E-state index contributed by atoms with van der Waals surface area (Å²) in [6.07, 6.45) is 6.18. The van der Waals surface area contributed by atoms with E-state index in [0.29, 0.717) is 5.92 Å². The monoisotopic (exact) mass is 239 g/mol. The summed E-state index contributed by atoms with van der Waals surface area (Å²) in [7, 11) is 0. The predicted molar refractivity (Wildman–Crippen MR) is 75.3 cm³/mol. The molecule has 1 aromatic carbocycles. The number of nitrogens with zero attached hydrogens (tertiary/aromatic N) is 1. The zero-order valence-electron chi connectivity index (χ0n) is 11.5. The predicted octanol–water partition coefficient (Wildman–Crippen LogP) is 4.80. The molecule has 0 saturated carbocycles. The van der Waals surface area contributed by atoms with E-state index in [1.807, 2.05) is 12.1 Å². The average molecular weight is 239 g/mol. The molecule has 0 spiro atoms. The van der Waals surface area contributed by atoms with Crippen molar-refractivity contribution in [1.29, 1.82) is 5.26 Å². The lowest BCUT2D eigenvalue weighted by Gasteiger charge is -2.30. The lowest BCUT2D eigenvalue weighted by Crippen LogP contribution is -2.14. The molecule has 18 heavy (non-hydrogen) atoms. The van der Waals surface area contributed by atoms with Crippen molar-refractivity contribution in [2.75, 3.05) is 0 Å². The summed E-state index contributed by atoms with van der Waals surface area (Å²) >= 11 is 0. The van der Waals surface area contributed by atoms with Gasteiger partial charge < -0.3 is 0 Å². The highest BCUT2D eigenvalue weighted by Crippen LogP contribution is 2.38. The molecule has 94 valence electrons. The lowest BCUT2D eigenvalue weighted by atomic mass is 9.76. The first-order chi connectivity index (χ1) is 8.50. The van der Waals surface area contributed by atoms with Gasteiger partial charge in [0.15, 0.2) is 0 Å². The van der Waals surface area contributed by atoms with E-state index in [9.17, 15) is 0 Å². The van der Waals surface area contributed by atoms with Crippen LogP contribution in [-0.2, 0) is 0 Å². The van der Waals surface area contributed by atoms with Crippen LogP contribution in [0.25, 0.3) is 0 Å². The Hall–Kier alpha value is -1.55. The van der Waals surface area contributed by atoms with Crippen molar-refractivity contribution in [3.8, 4) is 6.07 Å². The van der Waals surface area contributed by atoms with Crippen LogP contribution in [-0.4, -0.2) is 0 Å². The van der Waals surface area contributed by atoms with Gasteiger partial charge in [-0.3, -0.25) is 0 Å². The fourth-order valence-electron chi connectivity index (χ4n) is 2.61. The topological polar surface area (TPSA) is 23.8 Å². The van der Waals surface area contributed by atoms with Gasteiger partial charge in [-0.1, -0.05) is 44.6 Å². The highest BCUT2D eigenvalue weighted by atomic mass is 14.3. The highest BCUT2D eigenvalue weighted by molar-refractivity contribution is 5.35. The van der Waals surface area contributed by atoms with E-state index in [2.05, 4.69) is 45.0 Å². The quantitative estimate of drug-likeness (QED) is 0.646. The van der Waals surface area contributed by atoms with Crippen molar-refractivity contribution < 1.29 is 0 Å². The molecule has 0 unspecified atom stereocenters. The third-order valence-corrected chi connectivity index (χ3v) is 3.79. The number of benzene rings is 1. The van der Waals surface area contributed by atoms with Gasteiger partial charge in [-0.15, -0.1) is 0 Å². The van der Waals surface area contributed by atoms with Crippen LogP contribution in [0.3, 0.4) is 0 Å². The Balaban J connectivity index is 2.25. The first-order valence-electron chi connectivity index (χ1n) is 6.72. The van der Waals surface area contributed by atoms with Crippen molar-refractivity contribution in [2.24, 2.45) is 5.41 Å². The maximum atomic E-state index is 8.83. The number of nitriles is 1. The largest absolute Gasteiger partial charge is 0.192 e. The van der Waals surface area contributed by atoms with Crippen molar-refractivity contribution in [2.45, 2.75) is 46.0 Å². The number of rotatable bonds is 1. The minimum Gasteiger partial charge on any atom is -0.192 e. The summed E-state index contributed by atoms with van der Waals surface area (Å²) in [6.45, 7) is 6.87. The zero-order valence-corrected chi connectivity index (χ0v) is 11.5. The molecule has 1 aliphatic carbocycles. The Bertz CT molecular complexity index is 480. The van der Waals surface area contributed by atoms with Gasteiger partial charge in [0.25, 0.3) is 0 Å². The second kappa shape index (κ2) is 4.98. The van der Waals surface area contributed by atoms with Crippen molar-refractivity contribution in [3.63, 3.8) is 0 Å². The minimum absolute atomic E-state index is 0.283. The molecular formula is C17H21N. The fraction of sp³-hybridized carbons (Fsp3) is 0.471. The zero-order chi connectivity index (χ0) is 13.2. The van der Waals surface area contributed by atoms with Gasteiger partial charge in [-0.05, 0) is 42.4 Å². The third-order valence-electron chi connectivity index (χ3n) is 3.79. The van der Waals surface area contributed by atoms with Crippen LogP contribution in [0.2, 0.25) is 0 Å². The van der Waals surface area contributed by atoms with Crippen molar-refractivity contribution in [1.82, 2.24) is 0 Å². The van der Waals surface area contributed by atoms with Crippen LogP contribution in [0.15, 0.2) is 35.9 Å². The molecule has 1 aromatic rings. The summed E-state index contributed by atoms with van der Waals surface area (Å²) in [6, 6.07) is 10.2. The van der Waals surface area contributed by atoms with Crippen LogP contribution in [0.4, 0.5) is 0 Å². The molecule has 0 bridgehead atoms. The van der Waals surface area contributed by atoms with E-state index in [1.165, 1.54) is 24.8 Å². The third kappa shape index (κ3) is 2.82. The summed E-state index contributed by atoms with van der Waals surface area (Å²) in [5, 5.41) is 8.83. The number of hydrogen-bond donors (Lipinski definition) is 0. The minimum atomic E-state index is 0.283. The van der Waals surface area contributed by atoms with E-state index >= 15 is 0 Å². The molecule has 0 N–H and O–H groups in total. The maximum absolute atomic E-state index is 8.83. The van der Waals surface area contributed by atoms with Crippen LogP contribution in [0, 0.1) is 16.7 Å². The highest BCUT2D eigenvalue weighted by Gasteiger charge is 2.23. The second-order valence-corrected chi connectivity index (χ2v) is 6.17. The van der Waals surface area contributed by atoms with Crippen molar-refractivity contribution >= 4 is 0 Å². The Morgan fingerprint density at radius 3 is 2.39 bits per heavy atom. The number of allylic oxidation sites excluding steroid dienone is 2. The standard InChI is InChI=1S/C17H21N/c1-17(2,3)16-6-4-5-15(11-16)14-9-7-13(12-18)8-10-14/h7-11,15H,4-6H2,1-3H3/t15-/m1/s1. The summed E-state index contributed by atoms with van der Waals surface area (Å²) in [4.78, 5) is 0. The smallest absolute Gasteiger partial charge is 0.0991 e. The summed E-state index contributed by atoms with van der Waals surface area (Å²) in [5.41, 5.74) is 3.94. The molecule has 0 radical (unpaired) electrons. The second-order valence-electron chi connectivity index (χ2n) is 6.17. The molecule has 1 nitrogen and oxygen atoms in total. The maximum Gasteiger partial charge on any atom is 0.0991 e. The van der Waals surface area contributed by atoms with E-state index in [0.717, 1.165) is 5.56 Å².